The SMILES string of the molecule is N#CC[C@H]1CN(c2nc(N3CCCC3CO)nc3c2CN(C2Cc4cccc5cccc2c45)C3)CCN1C(=O)O. The molecule has 0 spiro atoms. The maximum atomic E-state index is 11.9. The maximum absolute atomic E-state index is 11.9. The van der Waals surface area contributed by atoms with Crippen LogP contribution in [-0.4, -0.2) is 80.9 Å². The Kier molecular flexibility index (Phi) is 6.21. The lowest BCUT2D eigenvalue weighted by molar-refractivity contribution is 0.119. The highest BCUT2D eigenvalue weighted by atomic mass is 16.4. The summed E-state index contributed by atoms with van der Waals surface area (Å²) in [7, 11) is 0. The van der Waals surface area contributed by atoms with Gasteiger partial charge in [0, 0.05) is 50.9 Å². The third kappa shape index (κ3) is 4.03. The summed E-state index contributed by atoms with van der Waals surface area (Å²) in [5, 5.41) is 31.8. The summed E-state index contributed by atoms with van der Waals surface area (Å²) in [6, 6.07) is 15.1. The average Bonchev–Trinajstić information content (AvgIpc) is 3.70. The molecule has 2 fully saturated rings. The minimum atomic E-state index is -0.988. The van der Waals surface area contributed by atoms with E-state index in [1.54, 1.807) is 0 Å². The van der Waals surface area contributed by atoms with Gasteiger partial charge in [-0.3, -0.25) is 4.90 Å². The molecule has 206 valence electrons. The normalized spacial score (nSPS) is 24.1. The van der Waals surface area contributed by atoms with Crippen molar-refractivity contribution in [2.45, 2.75) is 56.9 Å². The fraction of sp³-hybridized carbons (Fsp3) is 0.467. The first kappa shape index (κ1) is 25.1. The van der Waals surface area contributed by atoms with Crippen molar-refractivity contribution in [3.8, 4) is 6.07 Å². The third-order valence-electron chi connectivity index (χ3n) is 9.21. The number of benzene rings is 2. The van der Waals surface area contributed by atoms with Gasteiger partial charge in [-0.15, -0.1) is 0 Å². The number of fused-ring (bicyclic) bond motifs is 1. The van der Waals surface area contributed by atoms with Gasteiger partial charge < -0.3 is 24.9 Å². The van der Waals surface area contributed by atoms with E-state index in [0.717, 1.165) is 42.9 Å². The molecule has 0 bridgehead atoms. The number of rotatable bonds is 5. The molecule has 7 rings (SSSR count). The molecule has 10 heteroatoms. The van der Waals surface area contributed by atoms with Gasteiger partial charge in [0.1, 0.15) is 5.82 Å². The molecule has 3 aromatic rings. The van der Waals surface area contributed by atoms with Crippen LogP contribution in [0.4, 0.5) is 16.6 Å². The van der Waals surface area contributed by atoms with Crippen LogP contribution in [0.25, 0.3) is 10.8 Å². The molecule has 4 heterocycles. The zero-order valence-electron chi connectivity index (χ0n) is 22.4. The Balaban J connectivity index is 1.25. The molecule has 0 radical (unpaired) electrons. The number of carboxylic acid groups (broad SMARTS) is 1. The molecule has 3 atom stereocenters. The quantitative estimate of drug-likeness (QED) is 0.503. The van der Waals surface area contributed by atoms with Crippen LogP contribution in [-0.2, 0) is 19.5 Å². The zero-order chi connectivity index (χ0) is 27.4. The van der Waals surface area contributed by atoms with Crippen molar-refractivity contribution in [3.05, 3.63) is 58.8 Å². The predicted octanol–water partition coefficient (Wildman–Crippen LogP) is 3.29. The van der Waals surface area contributed by atoms with Gasteiger partial charge in [-0.2, -0.15) is 10.2 Å². The first-order valence-corrected chi connectivity index (χ1v) is 14.2. The number of hydrogen-bond acceptors (Lipinski definition) is 8. The molecule has 1 aliphatic carbocycles. The van der Waals surface area contributed by atoms with Crippen molar-refractivity contribution in [1.29, 1.82) is 5.26 Å². The summed E-state index contributed by atoms with van der Waals surface area (Å²) in [5.74, 6) is 1.48. The van der Waals surface area contributed by atoms with Gasteiger partial charge in [0.2, 0.25) is 5.95 Å². The fourth-order valence-electron chi connectivity index (χ4n) is 7.27. The van der Waals surface area contributed by atoms with Gasteiger partial charge in [0.25, 0.3) is 0 Å². The summed E-state index contributed by atoms with van der Waals surface area (Å²) in [6.07, 6.45) is 2.00. The van der Waals surface area contributed by atoms with Crippen LogP contribution in [0.3, 0.4) is 0 Å². The summed E-state index contributed by atoms with van der Waals surface area (Å²) < 4.78 is 0. The molecule has 10 nitrogen and oxygen atoms in total. The number of nitriles is 1. The van der Waals surface area contributed by atoms with Crippen LogP contribution in [0.15, 0.2) is 36.4 Å². The summed E-state index contributed by atoms with van der Waals surface area (Å²) >= 11 is 0. The van der Waals surface area contributed by atoms with Crippen molar-refractivity contribution in [2.75, 3.05) is 42.6 Å². The molecule has 2 unspecified atom stereocenters. The largest absolute Gasteiger partial charge is 0.465 e. The average molecular weight is 540 g/mol. The van der Waals surface area contributed by atoms with E-state index in [1.165, 1.54) is 26.8 Å². The van der Waals surface area contributed by atoms with Crippen molar-refractivity contribution < 1.29 is 15.0 Å². The Bertz CT molecular complexity index is 1520. The molecule has 2 aromatic carbocycles. The Hall–Kier alpha value is -3.94. The summed E-state index contributed by atoms with van der Waals surface area (Å²) in [4.78, 5) is 30.2. The van der Waals surface area contributed by atoms with E-state index in [1.807, 2.05) is 0 Å². The fourth-order valence-corrected chi connectivity index (χ4v) is 7.27. The molecular formula is C30H33N7O3. The van der Waals surface area contributed by atoms with Crippen LogP contribution < -0.4 is 9.80 Å². The van der Waals surface area contributed by atoms with E-state index in [-0.39, 0.29) is 25.1 Å². The number of anilines is 2. The Labute approximate surface area is 233 Å². The molecule has 1 amide bonds. The standard InChI is InChI=1S/C30H33N7O3/c31-10-9-21-15-34(12-13-37(21)30(39)40)28-24-16-35(17-25(24)32-29(33-28)36-11-3-7-22(36)18-38)26-14-20-6-1-4-19-5-2-8-23(26)27(19)20/h1-2,4-6,8,21-22,26,38H,3,7,9,11-18H2,(H,39,40)/t21-,22?,26?/m0/s1. The lowest BCUT2D eigenvalue weighted by Crippen LogP contribution is -2.55. The minimum absolute atomic E-state index is 0.000495. The second kappa shape index (κ2) is 9.91. The number of hydrogen-bond donors (Lipinski definition) is 2. The molecule has 2 saturated heterocycles. The van der Waals surface area contributed by atoms with Gasteiger partial charge in [0.05, 0.1) is 36.9 Å². The second-order valence-electron chi connectivity index (χ2n) is 11.4. The van der Waals surface area contributed by atoms with E-state index >= 15 is 0 Å². The smallest absolute Gasteiger partial charge is 0.407 e. The number of nitrogens with zero attached hydrogens (tertiary/aromatic N) is 7. The molecule has 2 N–H and O–H groups in total. The molecule has 3 aliphatic heterocycles. The van der Waals surface area contributed by atoms with E-state index in [0.29, 0.717) is 38.7 Å². The van der Waals surface area contributed by atoms with Crippen LogP contribution in [0.1, 0.15) is 47.7 Å². The van der Waals surface area contributed by atoms with Crippen molar-refractivity contribution >= 4 is 28.6 Å². The molecule has 40 heavy (non-hydrogen) atoms. The number of piperazine rings is 1. The number of aromatic nitrogens is 2. The Morgan fingerprint density at radius 3 is 2.73 bits per heavy atom. The van der Waals surface area contributed by atoms with Crippen LogP contribution in [0, 0.1) is 11.3 Å². The maximum Gasteiger partial charge on any atom is 0.407 e. The van der Waals surface area contributed by atoms with E-state index in [4.69, 9.17) is 9.97 Å². The van der Waals surface area contributed by atoms with Crippen LogP contribution in [0.5, 0.6) is 0 Å². The topological polar surface area (TPSA) is 120 Å². The van der Waals surface area contributed by atoms with Gasteiger partial charge in [-0.05, 0) is 41.2 Å². The highest BCUT2D eigenvalue weighted by molar-refractivity contribution is 5.91. The second-order valence-corrected chi connectivity index (χ2v) is 11.4. The summed E-state index contributed by atoms with van der Waals surface area (Å²) in [6.45, 7) is 3.54. The van der Waals surface area contributed by atoms with Crippen molar-refractivity contribution in [1.82, 2.24) is 19.8 Å². The molecule has 0 saturated carbocycles. The molecule has 1 aromatic heterocycles. The summed E-state index contributed by atoms with van der Waals surface area (Å²) in [5.41, 5.74) is 4.84. The van der Waals surface area contributed by atoms with Gasteiger partial charge >= 0.3 is 6.09 Å². The number of amides is 1. The van der Waals surface area contributed by atoms with Crippen molar-refractivity contribution in [2.24, 2.45) is 0 Å². The van der Waals surface area contributed by atoms with E-state index in [9.17, 15) is 20.3 Å². The minimum Gasteiger partial charge on any atom is -0.465 e. The zero-order valence-corrected chi connectivity index (χ0v) is 22.4. The molecular weight excluding hydrogens is 506 g/mol. The number of aliphatic hydroxyl groups excluding tert-OH is 1. The Morgan fingerprint density at radius 1 is 1.07 bits per heavy atom. The highest BCUT2D eigenvalue weighted by Crippen LogP contribution is 2.44. The lowest BCUT2D eigenvalue weighted by atomic mass is 10.0. The van der Waals surface area contributed by atoms with Crippen molar-refractivity contribution in [3.63, 3.8) is 0 Å². The first-order chi connectivity index (χ1) is 19.6. The third-order valence-corrected chi connectivity index (χ3v) is 9.21. The van der Waals surface area contributed by atoms with Crippen LogP contribution in [0.2, 0.25) is 0 Å². The van der Waals surface area contributed by atoms with Gasteiger partial charge in [-0.25, -0.2) is 9.78 Å². The highest BCUT2D eigenvalue weighted by Gasteiger charge is 2.39. The number of carbonyl (C=O) groups is 1. The first-order valence-electron chi connectivity index (χ1n) is 14.2. The molecule has 4 aliphatic rings. The van der Waals surface area contributed by atoms with Gasteiger partial charge in [-0.1, -0.05) is 36.4 Å². The Morgan fingerprint density at radius 2 is 1.93 bits per heavy atom. The predicted molar refractivity (Wildman–Crippen MR) is 150 cm³/mol. The lowest BCUT2D eigenvalue weighted by Gasteiger charge is -2.40. The van der Waals surface area contributed by atoms with E-state index in [2.05, 4.69) is 57.2 Å². The van der Waals surface area contributed by atoms with Gasteiger partial charge in [0.15, 0.2) is 0 Å². The number of aliphatic hydroxyl groups is 1. The monoisotopic (exact) mass is 539 g/mol. The van der Waals surface area contributed by atoms with E-state index < -0.39 is 12.1 Å². The van der Waals surface area contributed by atoms with Crippen LogP contribution >= 0.6 is 0 Å².